The van der Waals surface area contributed by atoms with Crippen molar-refractivity contribution in [2.24, 2.45) is 0 Å². The number of morpholine rings is 1. The molecule has 0 bridgehead atoms. The van der Waals surface area contributed by atoms with Gasteiger partial charge in [-0.1, -0.05) is 41.9 Å². The van der Waals surface area contributed by atoms with Gasteiger partial charge in [-0.25, -0.2) is 4.79 Å². The minimum absolute atomic E-state index is 0.0337. The fraction of sp³-hybridized carbons (Fsp3) is 0.263. The largest absolute Gasteiger partial charge is 0.445 e. The van der Waals surface area contributed by atoms with Crippen LogP contribution in [0, 0.1) is 0 Å². The lowest BCUT2D eigenvalue weighted by atomic mass is 10.2. The number of anilines is 1. The van der Waals surface area contributed by atoms with E-state index >= 15 is 0 Å². The number of hydrogen-bond acceptors (Lipinski definition) is 4. The number of hydrogen-bond donors (Lipinski definition) is 1. The van der Waals surface area contributed by atoms with Crippen LogP contribution in [0.25, 0.3) is 0 Å². The molecule has 2 amide bonds. The van der Waals surface area contributed by atoms with Gasteiger partial charge in [-0.15, -0.1) is 0 Å². The predicted molar refractivity (Wildman–Crippen MR) is 98.2 cm³/mol. The number of alkyl carbamates (subject to hydrolysis) is 1. The molecule has 0 saturated carbocycles. The third kappa shape index (κ3) is 4.97. The molecule has 1 fully saturated rings. The molecule has 1 saturated heterocycles. The van der Waals surface area contributed by atoms with Crippen LogP contribution in [0.3, 0.4) is 0 Å². The zero-order valence-corrected chi connectivity index (χ0v) is 14.8. The van der Waals surface area contributed by atoms with Crippen molar-refractivity contribution in [2.75, 3.05) is 24.6 Å². The molecule has 1 unspecified atom stereocenters. The quantitative estimate of drug-likeness (QED) is 0.873. The molecule has 136 valence electrons. The van der Waals surface area contributed by atoms with Gasteiger partial charge in [0.05, 0.1) is 12.6 Å². The number of rotatable bonds is 5. The van der Waals surface area contributed by atoms with Crippen LogP contribution in [0.15, 0.2) is 54.6 Å². The number of benzene rings is 2. The molecule has 1 atom stereocenters. The van der Waals surface area contributed by atoms with Crippen LogP contribution >= 0.6 is 11.6 Å². The maximum Gasteiger partial charge on any atom is 0.407 e. The fourth-order valence-corrected chi connectivity index (χ4v) is 2.72. The van der Waals surface area contributed by atoms with Crippen molar-refractivity contribution in [1.29, 1.82) is 0 Å². The third-order valence-electron chi connectivity index (χ3n) is 3.95. The topological polar surface area (TPSA) is 67.9 Å². The van der Waals surface area contributed by atoms with E-state index in [1.807, 2.05) is 30.3 Å². The maximum absolute atomic E-state index is 12.1. The molecular weight excluding hydrogens is 356 g/mol. The Morgan fingerprint density at radius 2 is 1.92 bits per heavy atom. The highest BCUT2D eigenvalue weighted by Gasteiger charge is 2.27. The molecule has 0 radical (unpaired) electrons. The lowest BCUT2D eigenvalue weighted by Gasteiger charge is -2.32. The summed E-state index contributed by atoms with van der Waals surface area (Å²) in [5.41, 5.74) is 1.66. The Labute approximate surface area is 156 Å². The van der Waals surface area contributed by atoms with Gasteiger partial charge < -0.3 is 19.7 Å². The van der Waals surface area contributed by atoms with E-state index in [0.29, 0.717) is 11.6 Å². The first-order valence-corrected chi connectivity index (χ1v) is 8.62. The molecule has 0 aliphatic carbocycles. The number of amides is 2. The van der Waals surface area contributed by atoms with Crippen LogP contribution < -0.4 is 10.2 Å². The predicted octanol–water partition coefficient (Wildman–Crippen LogP) is 3.00. The molecule has 6 nitrogen and oxygen atoms in total. The fourth-order valence-electron chi connectivity index (χ4n) is 2.59. The van der Waals surface area contributed by atoms with Crippen molar-refractivity contribution in [1.82, 2.24) is 5.32 Å². The van der Waals surface area contributed by atoms with Gasteiger partial charge in [-0.05, 0) is 29.8 Å². The van der Waals surface area contributed by atoms with E-state index in [9.17, 15) is 9.59 Å². The summed E-state index contributed by atoms with van der Waals surface area (Å²) < 4.78 is 10.7. The average Bonchev–Trinajstić information content (AvgIpc) is 2.67. The zero-order chi connectivity index (χ0) is 18.4. The van der Waals surface area contributed by atoms with Gasteiger partial charge in [0, 0.05) is 17.3 Å². The third-order valence-corrected chi connectivity index (χ3v) is 4.21. The van der Waals surface area contributed by atoms with E-state index in [0.717, 1.165) is 11.3 Å². The number of nitrogens with one attached hydrogen (secondary N) is 1. The minimum atomic E-state index is -0.521. The van der Waals surface area contributed by atoms with Crippen LogP contribution in [-0.4, -0.2) is 37.8 Å². The Morgan fingerprint density at radius 1 is 1.19 bits per heavy atom. The van der Waals surface area contributed by atoms with Crippen LogP contribution in [0.5, 0.6) is 0 Å². The Hall–Kier alpha value is -2.57. The summed E-state index contributed by atoms with van der Waals surface area (Å²) in [6, 6.07) is 16.5. The Balaban J connectivity index is 1.48. The second kappa shape index (κ2) is 8.69. The standard InChI is InChI=1S/C19H19ClN2O4/c20-15-6-8-16(9-7-15)22-11-17(25-13-18(22)23)10-21-19(24)26-12-14-4-2-1-3-5-14/h1-9,17H,10-13H2,(H,21,24). The van der Waals surface area contributed by atoms with Crippen molar-refractivity contribution in [2.45, 2.75) is 12.7 Å². The highest BCUT2D eigenvalue weighted by atomic mass is 35.5. The van der Waals surface area contributed by atoms with Gasteiger partial charge >= 0.3 is 6.09 Å². The average molecular weight is 375 g/mol. The van der Waals surface area contributed by atoms with Gasteiger partial charge in [-0.2, -0.15) is 0 Å². The molecule has 2 aromatic rings. The van der Waals surface area contributed by atoms with Gasteiger partial charge in [0.2, 0.25) is 0 Å². The first-order chi connectivity index (χ1) is 12.6. The summed E-state index contributed by atoms with van der Waals surface area (Å²) in [6.45, 7) is 0.770. The van der Waals surface area contributed by atoms with Gasteiger partial charge in [0.15, 0.2) is 0 Å². The van der Waals surface area contributed by atoms with Crippen LogP contribution in [0.4, 0.5) is 10.5 Å². The van der Waals surface area contributed by atoms with E-state index in [1.165, 1.54) is 0 Å². The van der Waals surface area contributed by atoms with Crippen LogP contribution in [-0.2, 0) is 20.9 Å². The summed E-state index contributed by atoms with van der Waals surface area (Å²) in [5.74, 6) is -0.129. The molecule has 1 aliphatic rings. The van der Waals surface area contributed by atoms with Gasteiger partial charge in [-0.3, -0.25) is 4.79 Å². The molecule has 1 N–H and O–H groups in total. The van der Waals surface area contributed by atoms with Gasteiger partial charge in [0.25, 0.3) is 5.91 Å². The first kappa shape index (κ1) is 18.2. The molecule has 1 aliphatic heterocycles. The Morgan fingerprint density at radius 3 is 2.65 bits per heavy atom. The number of carbonyl (C=O) groups is 2. The number of carbonyl (C=O) groups excluding carboxylic acids is 2. The maximum atomic E-state index is 12.1. The van der Waals surface area contributed by atoms with Crippen molar-refractivity contribution < 1.29 is 19.1 Å². The van der Waals surface area contributed by atoms with Crippen LogP contribution in [0.2, 0.25) is 5.02 Å². The smallest absolute Gasteiger partial charge is 0.407 e. The molecule has 2 aromatic carbocycles. The van der Waals surface area contributed by atoms with Gasteiger partial charge in [0.1, 0.15) is 13.2 Å². The molecule has 1 heterocycles. The van der Waals surface area contributed by atoms with Crippen molar-refractivity contribution in [3.8, 4) is 0 Å². The summed E-state index contributed by atoms with van der Waals surface area (Å²) >= 11 is 5.88. The molecule has 0 spiro atoms. The molecule has 7 heteroatoms. The normalized spacial score (nSPS) is 17.0. The molecule has 0 aromatic heterocycles. The Kier molecular flexibility index (Phi) is 6.09. The van der Waals surface area contributed by atoms with Crippen molar-refractivity contribution in [3.05, 3.63) is 65.2 Å². The highest BCUT2D eigenvalue weighted by molar-refractivity contribution is 6.30. The highest BCUT2D eigenvalue weighted by Crippen LogP contribution is 2.21. The second-order valence-electron chi connectivity index (χ2n) is 5.86. The Bertz CT molecular complexity index is 752. The SMILES string of the molecule is O=C(NCC1CN(c2ccc(Cl)cc2)C(=O)CO1)OCc1ccccc1. The monoisotopic (exact) mass is 374 g/mol. The van der Waals surface area contributed by atoms with E-state index in [1.54, 1.807) is 29.2 Å². The lowest BCUT2D eigenvalue weighted by molar-refractivity contribution is -0.129. The van der Waals surface area contributed by atoms with E-state index in [2.05, 4.69) is 5.32 Å². The number of nitrogens with zero attached hydrogens (tertiary/aromatic N) is 1. The van der Waals surface area contributed by atoms with E-state index in [4.69, 9.17) is 21.1 Å². The number of halogens is 1. The van der Waals surface area contributed by atoms with E-state index < -0.39 is 6.09 Å². The van der Waals surface area contributed by atoms with Crippen molar-refractivity contribution >= 4 is 29.3 Å². The zero-order valence-electron chi connectivity index (χ0n) is 14.1. The van der Waals surface area contributed by atoms with Crippen LogP contribution in [0.1, 0.15) is 5.56 Å². The summed E-state index contributed by atoms with van der Waals surface area (Å²) in [7, 11) is 0. The van der Waals surface area contributed by atoms with E-state index in [-0.39, 0.29) is 31.8 Å². The second-order valence-corrected chi connectivity index (χ2v) is 6.29. The van der Waals surface area contributed by atoms with Crippen molar-refractivity contribution in [3.63, 3.8) is 0 Å². The summed E-state index contributed by atoms with van der Waals surface area (Å²) in [6.07, 6.45) is -0.833. The molecule has 26 heavy (non-hydrogen) atoms. The molecular formula is C19H19ClN2O4. The summed E-state index contributed by atoms with van der Waals surface area (Å²) in [4.78, 5) is 25.5. The minimum Gasteiger partial charge on any atom is -0.445 e. The first-order valence-electron chi connectivity index (χ1n) is 8.24. The lowest BCUT2D eigenvalue weighted by Crippen LogP contribution is -2.50. The molecule has 3 rings (SSSR count). The number of ether oxygens (including phenoxy) is 2. The summed E-state index contributed by atoms with van der Waals surface area (Å²) in [5, 5.41) is 3.28.